The average molecular weight is 185 g/mol. The van der Waals surface area contributed by atoms with Gasteiger partial charge in [0, 0.05) is 12.6 Å². The van der Waals surface area contributed by atoms with Gasteiger partial charge in [0.15, 0.2) is 6.10 Å². The van der Waals surface area contributed by atoms with Crippen LogP contribution in [0.4, 0.5) is 0 Å². The zero-order valence-electron chi connectivity index (χ0n) is 7.79. The Morgan fingerprint density at radius 1 is 1.54 bits per heavy atom. The Balaban J connectivity index is 1.78. The summed E-state index contributed by atoms with van der Waals surface area (Å²) in [6, 6.07) is 0.459. The third kappa shape index (κ3) is 2.00. The molecular weight excluding hydrogens is 170 g/mol. The maximum absolute atomic E-state index is 11.1. The fraction of sp³-hybridized carbons (Fsp3) is 0.889. The van der Waals surface area contributed by atoms with Crippen LogP contribution in [-0.4, -0.2) is 38.4 Å². The summed E-state index contributed by atoms with van der Waals surface area (Å²) in [6.07, 6.45) is 2.19. The molecule has 1 saturated carbocycles. The molecule has 74 valence electrons. The summed E-state index contributed by atoms with van der Waals surface area (Å²) in [5.41, 5.74) is 0. The van der Waals surface area contributed by atoms with Gasteiger partial charge in [-0.25, -0.2) is 4.79 Å². The number of hydrogen-bond acceptors (Lipinski definition) is 4. The predicted molar refractivity (Wildman–Crippen MR) is 46.3 cm³/mol. The van der Waals surface area contributed by atoms with Crippen LogP contribution in [-0.2, 0) is 14.3 Å². The van der Waals surface area contributed by atoms with Crippen molar-refractivity contribution in [3.63, 3.8) is 0 Å². The van der Waals surface area contributed by atoms with E-state index in [1.165, 1.54) is 20.0 Å². The average Bonchev–Trinajstić information content (AvgIpc) is 3.00. The molecule has 1 heterocycles. The molecule has 0 radical (unpaired) electrons. The number of esters is 1. The molecule has 4 nitrogen and oxygen atoms in total. The first-order valence-corrected chi connectivity index (χ1v) is 4.74. The van der Waals surface area contributed by atoms with Crippen LogP contribution in [0.15, 0.2) is 0 Å². The second-order valence-corrected chi connectivity index (χ2v) is 3.70. The van der Waals surface area contributed by atoms with Crippen molar-refractivity contribution < 1.29 is 14.3 Å². The molecule has 0 spiro atoms. The van der Waals surface area contributed by atoms with Gasteiger partial charge >= 0.3 is 5.97 Å². The summed E-state index contributed by atoms with van der Waals surface area (Å²) in [6.45, 7) is 1.23. The molecule has 13 heavy (non-hydrogen) atoms. The van der Waals surface area contributed by atoms with Gasteiger partial charge in [-0.2, -0.15) is 0 Å². The van der Waals surface area contributed by atoms with E-state index >= 15 is 0 Å². The standard InChI is InChI=1S/C9H15NO3/c1-12-9(11)8-4-10-7(5-13-8)6-2-3-6/h6-8,10H,2-5H2,1H3. The van der Waals surface area contributed by atoms with Crippen molar-refractivity contribution in [1.82, 2.24) is 5.32 Å². The van der Waals surface area contributed by atoms with E-state index in [0.29, 0.717) is 19.2 Å². The zero-order valence-corrected chi connectivity index (χ0v) is 7.79. The highest BCUT2D eigenvalue weighted by Gasteiger charge is 2.36. The summed E-state index contributed by atoms with van der Waals surface area (Å²) in [5.74, 6) is 0.500. The second-order valence-electron chi connectivity index (χ2n) is 3.70. The van der Waals surface area contributed by atoms with Crippen molar-refractivity contribution in [3.8, 4) is 0 Å². The molecule has 0 aromatic heterocycles. The normalized spacial score (nSPS) is 34.2. The fourth-order valence-electron chi connectivity index (χ4n) is 1.68. The summed E-state index contributed by atoms with van der Waals surface area (Å²) in [7, 11) is 1.39. The molecule has 1 aliphatic carbocycles. The Morgan fingerprint density at radius 3 is 2.77 bits per heavy atom. The minimum absolute atomic E-state index is 0.276. The molecule has 0 amide bonds. The first kappa shape index (κ1) is 8.97. The third-order valence-corrected chi connectivity index (χ3v) is 2.70. The number of ether oxygens (including phenoxy) is 2. The minimum Gasteiger partial charge on any atom is -0.467 e. The zero-order chi connectivity index (χ0) is 9.26. The van der Waals surface area contributed by atoms with Crippen LogP contribution < -0.4 is 5.32 Å². The number of methoxy groups -OCH3 is 1. The largest absolute Gasteiger partial charge is 0.467 e. The molecule has 1 aliphatic heterocycles. The molecule has 0 aromatic rings. The first-order chi connectivity index (χ1) is 6.31. The van der Waals surface area contributed by atoms with Crippen molar-refractivity contribution in [2.75, 3.05) is 20.3 Å². The van der Waals surface area contributed by atoms with Gasteiger partial charge in [0.05, 0.1) is 13.7 Å². The van der Waals surface area contributed by atoms with Crippen LogP contribution in [0, 0.1) is 5.92 Å². The van der Waals surface area contributed by atoms with Gasteiger partial charge in [-0.1, -0.05) is 0 Å². The Bertz CT molecular complexity index is 195. The number of hydrogen-bond donors (Lipinski definition) is 1. The molecule has 1 N–H and O–H groups in total. The quantitative estimate of drug-likeness (QED) is 0.612. The molecular formula is C9H15NO3. The lowest BCUT2D eigenvalue weighted by molar-refractivity contribution is -0.157. The monoisotopic (exact) mass is 185 g/mol. The lowest BCUT2D eigenvalue weighted by Crippen LogP contribution is -2.50. The molecule has 2 aliphatic rings. The minimum atomic E-state index is -0.403. The van der Waals surface area contributed by atoms with Crippen LogP contribution in [0.5, 0.6) is 0 Å². The van der Waals surface area contributed by atoms with E-state index in [2.05, 4.69) is 10.1 Å². The van der Waals surface area contributed by atoms with Crippen molar-refractivity contribution in [3.05, 3.63) is 0 Å². The third-order valence-electron chi connectivity index (χ3n) is 2.70. The molecule has 1 saturated heterocycles. The van der Waals surface area contributed by atoms with E-state index < -0.39 is 6.10 Å². The Kier molecular flexibility index (Phi) is 2.51. The number of carbonyl (C=O) groups excluding carboxylic acids is 1. The van der Waals surface area contributed by atoms with Crippen molar-refractivity contribution in [2.45, 2.75) is 25.0 Å². The molecule has 0 aromatic carbocycles. The highest BCUT2D eigenvalue weighted by molar-refractivity contribution is 5.74. The lowest BCUT2D eigenvalue weighted by Gasteiger charge is -2.28. The van der Waals surface area contributed by atoms with E-state index in [1.54, 1.807) is 0 Å². The van der Waals surface area contributed by atoms with Gasteiger partial charge in [-0.15, -0.1) is 0 Å². The molecule has 4 heteroatoms. The van der Waals surface area contributed by atoms with Crippen molar-refractivity contribution in [2.24, 2.45) is 5.92 Å². The van der Waals surface area contributed by atoms with Crippen molar-refractivity contribution >= 4 is 5.97 Å². The van der Waals surface area contributed by atoms with E-state index in [-0.39, 0.29) is 5.97 Å². The van der Waals surface area contributed by atoms with Gasteiger partial charge in [0.25, 0.3) is 0 Å². The Morgan fingerprint density at radius 2 is 2.31 bits per heavy atom. The summed E-state index contributed by atoms with van der Waals surface area (Å²) >= 11 is 0. The number of rotatable bonds is 2. The van der Waals surface area contributed by atoms with Gasteiger partial charge in [0.1, 0.15) is 0 Å². The first-order valence-electron chi connectivity index (χ1n) is 4.74. The number of nitrogens with one attached hydrogen (secondary N) is 1. The van der Waals surface area contributed by atoms with Gasteiger partial charge < -0.3 is 14.8 Å². The number of morpholine rings is 1. The molecule has 2 atom stereocenters. The Labute approximate surface area is 77.6 Å². The summed E-state index contributed by atoms with van der Waals surface area (Å²) in [5, 5.41) is 3.32. The van der Waals surface area contributed by atoms with E-state index in [0.717, 1.165) is 5.92 Å². The Hall–Kier alpha value is -0.610. The van der Waals surface area contributed by atoms with E-state index in [1.807, 2.05) is 0 Å². The lowest BCUT2D eigenvalue weighted by atomic mass is 10.1. The molecule has 2 fully saturated rings. The smallest absolute Gasteiger partial charge is 0.336 e. The highest BCUT2D eigenvalue weighted by Crippen LogP contribution is 2.33. The van der Waals surface area contributed by atoms with Gasteiger partial charge in [-0.3, -0.25) is 0 Å². The molecule has 2 rings (SSSR count). The summed E-state index contributed by atoms with van der Waals surface area (Å²) in [4.78, 5) is 11.1. The maximum Gasteiger partial charge on any atom is 0.336 e. The van der Waals surface area contributed by atoms with Gasteiger partial charge in [-0.05, 0) is 18.8 Å². The SMILES string of the molecule is COC(=O)C1CNC(C2CC2)CO1. The van der Waals surface area contributed by atoms with Crippen LogP contribution in [0.1, 0.15) is 12.8 Å². The van der Waals surface area contributed by atoms with E-state index in [4.69, 9.17) is 4.74 Å². The predicted octanol–water partition coefficient (Wildman–Crippen LogP) is -0.0736. The summed E-state index contributed by atoms with van der Waals surface area (Å²) < 4.78 is 10.0. The van der Waals surface area contributed by atoms with Crippen LogP contribution in [0.2, 0.25) is 0 Å². The fourth-order valence-corrected chi connectivity index (χ4v) is 1.68. The van der Waals surface area contributed by atoms with E-state index in [9.17, 15) is 4.79 Å². The second kappa shape index (κ2) is 3.64. The maximum atomic E-state index is 11.1. The van der Waals surface area contributed by atoms with Crippen molar-refractivity contribution in [1.29, 1.82) is 0 Å². The van der Waals surface area contributed by atoms with Crippen LogP contribution in [0.3, 0.4) is 0 Å². The molecule has 0 bridgehead atoms. The van der Waals surface area contributed by atoms with Crippen LogP contribution >= 0.6 is 0 Å². The number of carbonyl (C=O) groups is 1. The highest BCUT2D eigenvalue weighted by atomic mass is 16.6. The van der Waals surface area contributed by atoms with Crippen LogP contribution in [0.25, 0.3) is 0 Å². The molecule has 2 unspecified atom stereocenters. The van der Waals surface area contributed by atoms with Gasteiger partial charge in [0.2, 0.25) is 0 Å². The topological polar surface area (TPSA) is 47.6 Å².